The summed E-state index contributed by atoms with van der Waals surface area (Å²) >= 11 is 0. The lowest BCUT2D eigenvalue weighted by Gasteiger charge is -2.21. The van der Waals surface area contributed by atoms with E-state index in [2.05, 4.69) is 33.4 Å². The van der Waals surface area contributed by atoms with E-state index in [1.165, 1.54) is 0 Å². The SMILES string of the molecule is CC(CNc1c(C#N)nnc2ccccc12)N(C)C. The summed E-state index contributed by atoms with van der Waals surface area (Å²) in [5.41, 5.74) is 1.90. The van der Waals surface area contributed by atoms with Gasteiger partial charge in [0.05, 0.1) is 11.2 Å². The van der Waals surface area contributed by atoms with Gasteiger partial charge in [0, 0.05) is 18.0 Å². The highest BCUT2D eigenvalue weighted by Gasteiger charge is 2.11. The van der Waals surface area contributed by atoms with Crippen molar-refractivity contribution in [3.05, 3.63) is 30.0 Å². The van der Waals surface area contributed by atoms with E-state index in [0.717, 1.165) is 23.1 Å². The first-order valence-corrected chi connectivity index (χ1v) is 6.19. The second-order valence-electron chi connectivity index (χ2n) is 4.75. The van der Waals surface area contributed by atoms with Crippen LogP contribution in [-0.4, -0.2) is 41.8 Å². The molecule has 19 heavy (non-hydrogen) atoms. The van der Waals surface area contributed by atoms with E-state index in [1.807, 2.05) is 38.4 Å². The van der Waals surface area contributed by atoms with Gasteiger partial charge in [-0.2, -0.15) is 5.26 Å². The maximum absolute atomic E-state index is 9.15. The largest absolute Gasteiger partial charge is 0.381 e. The molecule has 1 aromatic carbocycles. The second-order valence-corrected chi connectivity index (χ2v) is 4.75. The molecule has 0 aliphatic heterocycles. The number of benzene rings is 1. The van der Waals surface area contributed by atoms with Gasteiger partial charge in [0.15, 0.2) is 5.69 Å². The summed E-state index contributed by atoms with van der Waals surface area (Å²) in [7, 11) is 4.06. The first-order valence-electron chi connectivity index (χ1n) is 6.19. The lowest BCUT2D eigenvalue weighted by atomic mass is 10.1. The average Bonchev–Trinajstić information content (AvgIpc) is 2.43. The van der Waals surface area contributed by atoms with Gasteiger partial charge >= 0.3 is 0 Å². The molecular formula is C14H17N5. The van der Waals surface area contributed by atoms with Crippen LogP contribution in [-0.2, 0) is 0 Å². The van der Waals surface area contributed by atoms with Crippen molar-refractivity contribution in [3.8, 4) is 6.07 Å². The van der Waals surface area contributed by atoms with E-state index in [-0.39, 0.29) is 0 Å². The van der Waals surface area contributed by atoms with Crippen LogP contribution in [0.4, 0.5) is 5.69 Å². The molecule has 1 heterocycles. The Bertz CT molecular complexity index is 615. The van der Waals surface area contributed by atoms with Crippen LogP contribution in [0.1, 0.15) is 12.6 Å². The number of hydrogen-bond donors (Lipinski definition) is 1. The van der Waals surface area contributed by atoms with Crippen LogP contribution in [0, 0.1) is 11.3 Å². The van der Waals surface area contributed by atoms with E-state index < -0.39 is 0 Å². The van der Waals surface area contributed by atoms with Crippen LogP contribution in [0.2, 0.25) is 0 Å². The number of rotatable bonds is 4. The number of likely N-dealkylation sites (N-methyl/N-ethyl adjacent to an activating group) is 1. The van der Waals surface area contributed by atoms with Gasteiger partial charge in [-0.15, -0.1) is 10.2 Å². The quantitative estimate of drug-likeness (QED) is 0.903. The zero-order chi connectivity index (χ0) is 13.8. The molecule has 1 atom stereocenters. The van der Waals surface area contributed by atoms with Crippen LogP contribution in [0.25, 0.3) is 10.9 Å². The van der Waals surface area contributed by atoms with Crippen molar-refractivity contribution in [2.45, 2.75) is 13.0 Å². The summed E-state index contributed by atoms with van der Waals surface area (Å²) in [4.78, 5) is 2.12. The van der Waals surface area contributed by atoms with Gasteiger partial charge in [-0.1, -0.05) is 18.2 Å². The molecule has 1 unspecified atom stereocenters. The van der Waals surface area contributed by atoms with Gasteiger partial charge in [-0.25, -0.2) is 0 Å². The zero-order valence-corrected chi connectivity index (χ0v) is 11.4. The number of nitrogens with one attached hydrogen (secondary N) is 1. The molecule has 98 valence electrons. The van der Waals surface area contributed by atoms with Crippen molar-refractivity contribution in [2.24, 2.45) is 0 Å². The number of anilines is 1. The van der Waals surface area contributed by atoms with E-state index >= 15 is 0 Å². The molecule has 5 heteroatoms. The first-order chi connectivity index (χ1) is 9.13. The van der Waals surface area contributed by atoms with Crippen molar-refractivity contribution < 1.29 is 0 Å². The van der Waals surface area contributed by atoms with Gasteiger partial charge in [0.2, 0.25) is 0 Å². The van der Waals surface area contributed by atoms with Crippen LogP contribution in [0.5, 0.6) is 0 Å². The molecule has 0 radical (unpaired) electrons. The maximum atomic E-state index is 9.15. The monoisotopic (exact) mass is 255 g/mol. The number of hydrogen-bond acceptors (Lipinski definition) is 5. The van der Waals surface area contributed by atoms with Gasteiger partial charge in [0.25, 0.3) is 0 Å². The van der Waals surface area contributed by atoms with E-state index in [0.29, 0.717) is 11.7 Å². The number of fused-ring (bicyclic) bond motifs is 1. The maximum Gasteiger partial charge on any atom is 0.186 e. The number of nitrogens with zero attached hydrogens (tertiary/aromatic N) is 4. The van der Waals surface area contributed by atoms with Gasteiger partial charge in [-0.3, -0.25) is 0 Å². The van der Waals surface area contributed by atoms with Crippen LogP contribution in [0.3, 0.4) is 0 Å². The standard InChI is InChI=1S/C14H17N5/c1-10(19(2)3)9-16-14-11-6-4-5-7-12(11)17-18-13(14)8-15/h4-7,10H,9H2,1-3H3,(H,16,17). The second kappa shape index (κ2) is 5.63. The summed E-state index contributed by atoms with van der Waals surface area (Å²) in [6.07, 6.45) is 0. The Morgan fingerprint density at radius 2 is 2.05 bits per heavy atom. The van der Waals surface area contributed by atoms with Crippen LogP contribution in [0.15, 0.2) is 24.3 Å². The molecule has 0 saturated carbocycles. The van der Waals surface area contributed by atoms with E-state index in [1.54, 1.807) is 0 Å². The topological polar surface area (TPSA) is 64.8 Å². The molecule has 1 N–H and O–H groups in total. The third-order valence-corrected chi connectivity index (χ3v) is 3.23. The minimum atomic E-state index is 0.338. The summed E-state index contributed by atoms with van der Waals surface area (Å²) < 4.78 is 0. The molecule has 2 aromatic rings. The Morgan fingerprint density at radius 1 is 1.32 bits per heavy atom. The average molecular weight is 255 g/mol. The molecule has 0 bridgehead atoms. The predicted octanol–water partition coefficient (Wildman–Crippen LogP) is 1.86. The minimum Gasteiger partial charge on any atom is -0.381 e. The molecule has 0 amide bonds. The van der Waals surface area contributed by atoms with E-state index in [4.69, 9.17) is 5.26 Å². The van der Waals surface area contributed by atoms with Crippen molar-refractivity contribution in [3.63, 3.8) is 0 Å². The Balaban J connectivity index is 2.37. The summed E-state index contributed by atoms with van der Waals surface area (Å²) in [5.74, 6) is 0. The van der Waals surface area contributed by atoms with Gasteiger partial charge < -0.3 is 10.2 Å². The molecule has 1 aromatic heterocycles. The summed E-state index contributed by atoms with van der Waals surface area (Å²) in [6.45, 7) is 2.87. The highest BCUT2D eigenvalue weighted by atomic mass is 15.1. The summed E-state index contributed by atoms with van der Waals surface area (Å²) in [6, 6.07) is 10.1. The van der Waals surface area contributed by atoms with Gasteiger partial charge in [-0.05, 0) is 27.1 Å². The molecule has 0 fully saturated rings. The highest BCUT2D eigenvalue weighted by Crippen LogP contribution is 2.23. The fourth-order valence-corrected chi connectivity index (χ4v) is 1.74. The van der Waals surface area contributed by atoms with Gasteiger partial charge in [0.1, 0.15) is 6.07 Å². The van der Waals surface area contributed by atoms with Crippen LogP contribution < -0.4 is 5.32 Å². The lowest BCUT2D eigenvalue weighted by Crippen LogP contribution is -2.31. The third kappa shape index (κ3) is 2.80. The molecular weight excluding hydrogens is 238 g/mol. The molecule has 0 saturated heterocycles. The Kier molecular flexibility index (Phi) is 3.93. The fourth-order valence-electron chi connectivity index (χ4n) is 1.74. The molecule has 0 aliphatic carbocycles. The highest BCUT2D eigenvalue weighted by molar-refractivity contribution is 5.92. The van der Waals surface area contributed by atoms with Crippen LogP contribution >= 0.6 is 0 Å². The molecule has 5 nitrogen and oxygen atoms in total. The Morgan fingerprint density at radius 3 is 2.74 bits per heavy atom. The number of aromatic nitrogens is 2. The van der Waals surface area contributed by atoms with Crippen molar-refractivity contribution in [2.75, 3.05) is 26.0 Å². The number of nitriles is 1. The van der Waals surface area contributed by atoms with Crippen molar-refractivity contribution in [1.29, 1.82) is 5.26 Å². The predicted molar refractivity (Wildman–Crippen MR) is 75.9 cm³/mol. The normalized spacial score (nSPS) is 12.4. The first kappa shape index (κ1) is 13.2. The van der Waals surface area contributed by atoms with Crippen molar-refractivity contribution in [1.82, 2.24) is 15.1 Å². The summed E-state index contributed by atoms with van der Waals surface area (Å²) in [5, 5.41) is 21.4. The smallest absolute Gasteiger partial charge is 0.186 e. The molecule has 0 spiro atoms. The lowest BCUT2D eigenvalue weighted by molar-refractivity contribution is 0.326. The van der Waals surface area contributed by atoms with Crippen molar-refractivity contribution >= 4 is 16.6 Å². The Labute approximate surface area is 112 Å². The Hall–Kier alpha value is -2.19. The molecule has 0 aliphatic rings. The van der Waals surface area contributed by atoms with E-state index in [9.17, 15) is 0 Å². The zero-order valence-electron chi connectivity index (χ0n) is 11.4. The minimum absolute atomic E-state index is 0.338. The fraction of sp³-hybridized carbons (Fsp3) is 0.357. The molecule has 2 rings (SSSR count). The third-order valence-electron chi connectivity index (χ3n) is 3.23.